The minimum Gasteiger partial charge on any atom is -0.372 e. The van der Waals surface area contributed by atoms with Crippen molar-refractivity contribution in [2.45, 2.75) is 19.0 Å². The quantitative estimate of drug-likeness (QED) is 0.731. The third-order valence-corrected chi connectivity index (χ3v) is 2.86. The van der Waals surface area contributed by atoms with Gasteiger partial charge < -0.3 is 15.0 Å². The van der Waals surface area contributed by atoms with Gasteiger partial charge in [0.05, 0.1) is 13.0 Å². The molecule has 0 aromatic carbocycles. The van der Waals surface area contributed by atoms with E-state index in [9.17, 15) is 18.0 Å². The first kappa shape index (κ1) is 15.2. The number of ether oxygens (including phenoxy) is 1. The van der Waals surface area contributed by atoms with E-state index in [1.165, 1.54) is 0 Å². The molecule has 0 aliphatic carbocycles. The molecule has 0 aromatic heterocycles. The average Bonchev–Trinajstić information content (AvgIpc) is 2.72. The highest BCUT2D eigenvalue weighted by Crippen LogP contribution is 2.17. The number of halogens is 3. The molecule has 18 heavy (non-hydrogen) atoms. The lowest BCUT2D eigenvalue weighted by Crippen LogP contribution is -2.31. The van der Waals surface area contributed by atoms with Crippen molar-refractivity contribution in [1.29, 1.82) is 0 Å². The zero-order valence-corrected chi connectivity index (χ0v) is 10.4. The predicted molar refractivity (Wildman–Crippen MR) is 60.1 cm³/mol. The fraction of sp³-hybridized carbons (Fsp3) is 0.909. The van der Waals surface area contributed by atoms with Gasteiger partial charge >= 0.3 is 6.18 Å². The first-order valence-corrected chi connectivity index (χ1v) is 5.99. The van der Waals surface area contributed by atoms with Crippen LogP contribution < -0.4 is 5.32 Å². The summed E-state index contributed by atoms with van der Waals surface area (Å²) in [5, 5.41) is 3.05. The van der Waals surface area contributed by atoms with Crippen LogP contribution in [0.1, 0.15) is 12.8 Å². The normalized spacial score (nSPS) is 20.4. The van der Waals surface area contributed by atoms with Gasteiger partial charge in [-0.05, 0) is 25.9 Å². The van der Waals surface area contributed by atoms with Crippen molar-refractivity contribution in [1.82, 2.24) is 10.2 Å². The molecule has 0 aromatic rings. The number of carbonyl (C=O) groups excluding carboxylic acids is 1. The van der Waals surface area contributed by atoms with Crippen molar-refractivity contribution in [3.8, 4) is 0 Å². The fourth-order valence-corrected chi connectivity index (χ4v) is 2.02. The summed E-state index contributed by atoms with van der Waals surface area (Å²) >= 11 is 0. The highest BCUT2D eigenvalue weighted by Gasteiger charge is 2.28. The summed E-state index contributed by atoms with van der Waals surface area (Å²) in [5.41, 5.74) is 0. The van der Waals surface area contributed by atoms with E-state index in [1.807, 2.05) is 7.05 Å². The number of carbonyl (C=O) groups is 1. The summed E-state index contributed by atoms with van der Waals surface area (Å²) in [6.07, 6.45) is -3.37. The van der Waals surface area contributed by atoms with E-state index < -0.39 is 12.8 Å². The van der Waals surface area contributed by atoms with Gasteiger partial charge in [0.1, 0.15) is 6.61 Å². The van der Waals surface area contributed by atoms with E-state index in [-0.39, 0.29) is 18.9 Å². The first-order valence-electron chi connectivity index (χ1n) is 5.99. The largest absolute Gasteiger partial charge is 0.411 e. The van der Waals surface area contributed by atoms with Crippen molar-refractivity contribution in [3.05, 3.63) is 0 Å². The molecule has 1 aliphatic rings. The molecule has 1 amide bonds. The molecule has 1 fully saturated rings. The maximum atomic E-state index is 11.8. The number of amides is 1. The minimum absolute atomic E-state index is 0.0162. The number of likely N-dealkylation sites (tertiary alicyclic amines) is 1. The van der Waals surface area contributed by atoms with Crippen LogP contribution in [-0.2, 0) is 9.53 Å². The molecule has 1 heterocycles. The molecule has 4 nitrogen and oxygen atoms in total. The first-order chi connectivity index (χ1) is 8.42. The molecular weight excluding hydrogens is 249 g/mol. The fourth-order valence-electron chi connectivity index (χ4n) is 2.02. The Morgan fingerprint density at radius 2 is 2.22 bits per heavy atom. The SMILES string of the molecule is CNCC1CCN(C(=O)CCOCC(F)(F)F)C1. The van der Waals surface area contributed by atoms with Crippen LogP contribution in [0.25, 0.3) is 0 Å². The third kappa shape index (κ3) is 5.68. The topological polar surface area (TPSA) is 41.6 Å². The van der Waals surface area contributed by atoms with Crippen LogP contribution >= 0.6 is 0 Å². The van der Waals surface area contributed by atoms with E-state index in [1.54, 1.807) is 4.90 Å². The van der Waals surface area contributed by atoms with Gasteiger partial charge in [-0.1, -0.05) is 0 Å². The number of alkyl halides is 3. The van der Waals surface area contributed by atoms with Crippen molar-refractivity contribution in [3.63, 3.8) is 0 Å². The monoisotopic (exact) mass is 268 g/mol. The average molecular weight is 268 g/mol. The molecule has 0 spiro atoms. The standard InChI is InChI=1S/C11H19F3N2O2/c1-15-6-9-2-4-16(7-9)10(17)3-5-18-8-11(12,13)14/h9,15H,2-8H2,1H3. The second kappa shape index (κ2) is 6.94. The lowest BCUT2D eigenvalue weighted by atomic mass is 10.1. The Morgan fingerprint density at radius 3 is 2.83 bits per heavy atom. The summed E-state index contributed by atoms with van der Waals surface area (Å²) in [6, 6.07) is 0. The van der Waals surface area contributed by atoms with Crippen molar-refractivity contribution in [2.75, 3.05) is 39.9 Å². The van der Waals surface area contributed by atoms with E-state index >= 15 is 0 Å². The molecule has 1 atom stereocenters. The van der Waals surface area contributed by atoms with Gasteiger partial charge in [-0.25, -0.2) is 0 Å². The molecule has 0 radical (unpaired) electrons. The molecule has 0 saturated carbocycles. The predicted octanol–water partition coefficient (Wildman–Crippen LogP) is 1.02. The molecular formula is C11H19F3N2O2. The number of hydrogen-bond donors (Lipinski definition) is 1. The molecule has 106 valence electrons. The van der Waals surface area contributed by atoms with E-state index in [4.69, 9.17) is 0 Å². The summed E-state index contributed by atoms with van der Waals surface area (Å²) in [6.45, 7) is 0.756. The van der Waals surface area contributed by atoms with Crippen molar-refractivity contribution in [2.24, 2.45) is 5.92 Å². The molecule has 1 aliphatic heterocycles. The number of nitrogens with zero attached hydrogens (tertiary/aromatic N) is 1. The maximum Gasteiger partial charge on any atom is 0.411 e. The smallest absolute Gasteiger partial charge is 0.372 e. The Bertz CT molecular complexity index is 272. The van der Waals surface area contributed by atoms with E-state index in [0.717, 1.165) is 13.0 Å². The van der Waals surface area contributed by atoms with Crippen LogP contribution in [0.15, 0.2) is 0 Å². The maximum absolute atomic E-state index is 11.8. The Labute approximate surface area is 104 Å². The summed E-state index contributed by atoms with van der Waals surface area (Å²) in [4.78, 5) is 13.4. The number of nitrogens with one attached hydrogen (secondary N) is 1. The lowest BCUT2D eigenvalue weighted by Gasteiger charge is -2.16. The Balaban J connectivity index is 2.14. The van der Waals surface area contributed by atoms with Crippen LogP contribution in [0.4, 0.5) is 13.2 Å². The Hall–Kier alpha value is -0.820. The summed E-state index contributed by atoms with van der Waals surface area (Å²) in [5.74, 6) is 0.311. The van der Waals surface area contributed by atoms with Crippen LogP contribution in [0, 0.1) is 5.92 Å². The van der Waals surface area contributed by atoms with Crippen molar-refractivity contribution < 1.29 is 22.7 Å². The Kier molecular flexibility index (Phi) is 5.87. The molecule has 0 bridgehead atoms. The van der Waals surface area contributed by atoms with Gasteiger partial charge in [0.25, 0.3) is 0 Å². The van der Waals surface area contributed by atoms with Crippen LogP contribution in [0.2, 0.25) is 0 Å². The highest BCUT2D eigenvalue weighted by molar-refractivity contribution is 5.76. The summed E-state index contributed by atoms with van der Waals surface area (Å²) < 4.78 is 39.8. The van der Waals surface area contributed by atoms with Crippen LogP contribution in [0.5, 0.6) is 0 Å². The van der Waals surface area contributed by atoms with Gasteiger partial charge in [0.2, 0.25) is 5.91 Å². The number of hydrogen-bond acceptors (Lipinski definition) is 3. The highest BCUT2D eigenvalue weighted by atomic mass is 19.4. The zero-order valence-electron chi connectivity index (χ0n) is 10.4. The minimum atomic E-state index is -4.32. The Morgan fingerprint density at radius 1 is 1.50 bits per heavy atom. The van der Waals surface area contributed by atoms with Crippen molar-refractivity contribution >= 4 is 5.91 Å². The number of rotatable bonds is 6. The molecule has 7 heteroatoms. The van der Waals surface area contributed by atoms with Gasteiger partial charge in [-0.2, -0.15) is 13.2 Å². The molecule has 1 saturated heterocycles. The molecule has 1 N–H and O–H groups in total. The van der Waals surface area contributed by atoms with Gasteiger partial charge in [0.15, 0.2) is 0 Å². The molecule has 1 rings (SSSR count). The lowest BCUT2D eigenvalue weighted by molar-refractivity contribution is -0.175. The van der Waals surface area contributed by atoms with E-state index in [0.29, 0.717) is 19.0 Å². The zero-order chi connectivity index (χ0) is 13.6. The second-order valence-corrected chi connectivity index (χ2v) is 4.47. The van der Waals surface area contributed by atoms with Gasteiger partial charge in [-0.3, -0.25) is 4.79 Å². The van der Waals surface area contributed by atoms with E-state index in [2.05, 4.69) is 10.1 Å². The molecule has 1 unspecified atom stereocenters. The van der Waals surface area contributed by atoms with Crippen LogP contribution in [0.3, 0.4) is 0 Å². The van der Waals surface area contributed by atoms with Gasteiger partial charge in [0, 0.05) is 13.1 Å². The van der Waals surface area contributed by atoms with Gasteiger partial charge in [-0.15, -0.1) is 0 Å². The third-order valence-electron chi connectivity index (χ3n) is 2.86. The summed E-state index contributed by atoms with van der Waals surface area (Å²) in [7, 11) is 1.86. The second-order valence-electron chi connectivity index (χ2n) is 4.47. The van der Waals surface area contributed by atoms with Crippen LogP contribution in [-0.4, -0.2) is 56.9 Å².